The summed E-state index contributed by atoms with van der Waals surface area (Å²) in [5.74, 6) is 1.43. The largest absolute Gasteiger partial charge is 0.351 e. The van der Waals surface area contributed by atoms with Gasteiger partial charge in [-0.3, -0.25) is 9.59 Å². The summed E-state index contributed by atoms with van der Waals surface area (Å²) in [6, 6.07) is 7.90. The zero-order chi connectivity index (χ0) is 18.1. The lowest BCUT2D eigenvalue weighted by atomic mass is 9.96. The Morgan fingerprint density at radius 1 is 1.35 bits per heavy atom. The highest BCUT2D eigenvalue weighted by Gasteiger charge is 2.33. The van der Waals surface area contributed by atoms with Crippen LogP contribution in [-0.2, 0) is 23.1 Å². The zero-order valence-corrected chi connectivity index (χ0v) is 14.9. The Kier molecular flexibility index (Phi) is 4.49. The van der Waals surface area contributed by atoms with Crippen molar-refractivity contribution < 1.29 is 9.59 Å². The standard InChI is InChI=1S/C20H24N4O2/c1-24-10-9-21-20(24)19-16(7-8-17(25)23-19)22-18(26)12-13-3-2-4-15(11-13)14-5-6-14/h2-4,9-11,14,16,19H,5-8,12H2,1H3,(H,22,26)(H,23,25)/t16-,19-/m1/s1. The van der Waals surface area contributed by atoms with Gasteiger partial charge in [0, 0.05) is 25.9 Å². The maximum absolute atomic E-state index is 12.6. The average molecular weight is 352 g/mol. The summed E-state index contributed by atoms with van der Waals surface area (Å²) in [7, 11) is 1.89. The van der Waals surface area contributed by atoms with Crippen LogP contribution in [0.3, 0.4) is 0 Å². The third-order valence-corrected chi connectivity index (χ3v) is 5.25. The van der Waals surface area contributed by atoms with Crippen molar-refractivity contribution in [1.29, 1.82) is 0 Å². The fraction of sp³-hybridized carbons (Fsp3) is 0.450. The Balaban J connectivity index is 1.44. The van der Waals surface area contributed by atoms with E-state index >= 15 is 0 Å². The summed E-state index contributed by atoms with van der Waals surface area (Å²) in [6.45, 7) is 0. The highest BCUT2D eigenvalue weighted by Crippen LogP contribution is 2.40. The maximum Gasteiger partial charge on any atom is 0.224 e. The number of imidazole rings is 1. The molecule has 2 aromatic rings. The zero-order valence-electron chi connectivity index (χ0n) is 14.9. The van der Waals surface area contributed by atoms with Crippen molar-refractivity contribution in [3.63, 3.8) is 0 Å². The van der Waals surface area contributed by atoms with Crippen LogP contribution in [0.2, 0.25) is 0 Å². The van der Waals surface area contributed by atoms with E-state index < -0.39 is 0 Å². The van der Waals surface area contributed by atoms with Gasteiger partial charge in [0.25, 0.3) is 0 Å². The van der Waals surface area contributed by atoms with E-state index in [0.29, 0.717) is 25.2 Å². The number of piperidine rings is 1. The number of nitrogens with one attached hydrogen (secondary N) is 2. The first kappa shape index (κ1) is 16.8. The molecule has 4 rings (SSSR count). The Morgan fingerprint density at radius 2 is 2.19 bits per heavy atom. The molecule has 2 fully saturated rings. The topological polar surface area (TPSA) is 76.0 Å². The molecule has 1 aliphatic carbocycles. The quantitative estimate of drug-likeness (QED) is 0.864. The van der Waals surface area contributed by atoms with Crippen molar-refractivity contribution in [2.45, 2.75) is 50.1 Å². The summed E-state index contributed by atoms with van der Waals surface area (Å²) in [4.78, 5) is 28.8. The van der Waals surface area contributed by atoms with Gasteiger partial charge >= 0.3 is 0 Å². The number of aromatic nitrogens is 2. The van der Waals surface area contributed by atoms with Crippen LogP contribution < -0.4 is 10.6 Å². The van der Waals surface area contributed by atoms with Crippen molar-refractivity contribution >= 4 is 11.8 Å². The van der Waals surface area contributed by atoms with Gasteiger partial charge in [-0.25, -0.2) is 4.98 Å². The minimum Gasteiger partial charge on any atom is -0.351 e. The third kappa shape index (κ3) is 3.64. The number of nitrogens with zero attached hydrogens (tertiary/aromatic N) is 2. The minimum atomic E-state index is -0.294. The molecule has 1 aromatic heterocycles. The molecular weight excluding hydrogens is 328 g/mol. The molecule has 2 amide bonds. The Hall–Kier alpha value is -2.63. The molecular formula is C20H24N4O2. The lowest BCUT2D eigenvalue weighted by molar-refractivity contribution is -0.127. The monoisotopic (exact) mass is 352 g/mol. The molecule has 2 N–H and O–H groups in total. The molecule has 136 valence electrons. The molecule has 0 unspecified atom stereocenters. The number of aryl methyl sites for hydroxylation is 1. The second-order valence-corrected chi connectivity index (χ2v) is 7.35. The molecule has 26 heavy (non-hydrogen) atoms. The lowest BCUT2D eigenvalue weighted by Crippen LogP contribution is -2.51. The lowest BCUT2D eigenvalue weighted by Gasteiger charge is -2.32. The minimum absolute atomic E-state index is 0.000587. The smallest absolute Gasteiger partial charge is 0.224 e. The second kappa shape index (κ2) is 6.94. The first-order chi connectivity index (χ1) is 12.6. The van der Waals surface area contributed by atoms with Gasteiger partial charge in [-0.2, -0.15) is 0 Å². The highest BCUT2D eigenvalue weighted by atomic mass is 16.2. The van der Waals surface area contributed by atoms with Crippen molar-refractivity contribution in [2.75, 3.05) is 0 Å². The van der Waals surface area contributed by atoms with E-state index in [9.17, 15) is 9.59 Å². The predicted molar refractivity (Wildman–Crippen MR) is 97.4 cm³/mol. The fourth-order valence-corrected chi connectivity index (χ4v) is 3.69. The Labute approximate surface area is 153 Å². The van der Waals surface area contributed by atoms with Crippen LogP contribution in [0.1, 0.15) is 54.6 Å². The van der Waals surface area contributed by atoms with Crippen molar-refractivity contribution in [3.05, 3.63) is 53.6 Å². The molecule has 2 aliphatic rings. The van der Waals surface area contributed by atoms with Gasteiger partial charge in [0.15, 0.2) is 0 Å². The maximum atomic E-state index is 12.6. The van der Waals surface area contributed by atoms with Gasteiger partial charge in [-0.15, -0.1) is 0 Å². The molecule has 2 atom stereocenters. The predicted octanol–water partition coefficient (Wildman–Crippen LogP) is 1.98. The molecule has 0 radical (unpaired) electrons. The van der Waals surface area contributed by atoms with Crippen molar-refractivity contribution in [2.24, 2.45) is 7.05 Å². The number of amides is 2. The average Bonchev–Trinajstić information content (AvgIpc) is 3.38. The first-order valence-corrected chi connectivity index (χ1v) is 9.25. The summed E-state index contributed by atoms with van der Waals surface area (Å²) in [5, 5.41) is 6.09. The number of rotatable bonds is 5. The Morgan fingerprint density at radius 3 is 2.92 bits per heavy atom. The second-order valence-electron chi connectivity index (χ2n) is 7.35. The van der Waals surface area contributed by atoms with E-state index in [0.717, 1.165) is 11.4 Å². The SMILES string of the molecule is Cn1ccnc1[C@@H]1NC(=O)CC[C@H]1NC(=O)Cc1cccc(C2CC2)c1. The normalized spacial score (nSPS) is 22.7. The molecule has 0 spiro atoms. The first-order valence-electron chi connectivity index (χ1n) is 9.25. The third-order valence-electron chi connectivity index (χ3n) is 5.25. The summed E-state index contributed by atoms with van der Waals surface area (Å²) >= 11 is 0. The van der Waals surface area contributed by atoms with E-state index in [2.05, 4.69) is 27.8 Å². The van der Waals surface area contributed by atoms with E-state index in [4.69, 9.17) is 0 Å². The van der Waals surface area contributed by atoms with E-state index in [1.165, 1.54) is 18.4 Å². The number of carbonyl (C=O) groups is 2. The van der Waals surface area contributed by atoms with Gasteiger partial charge in [-0.1, -0.05) is 24.3 Å². The van der Waals surface area contributed by atoms with Crippen molar-refractivity contribution in [1.82, 2.24) is 20.2 Å². The molecule has 6 heteroatoms. The van der Waals surface area contributed by atoms with Crippen molar-refractivity contribution in [3.8, 4) is 0 Å². The number of benzene rings is 1. The molecule has 6 nitrogen and oxygen atoms in total. The molecule has 1 saturated heterocycles. The Bertz CT molecular complexity index is 825. The summed E-state index contributed by atoms with van der Waals surface area (Å²) in [5.41, 5.74) is 2.38. The van der Waals surface area contributed by atoms with Crippen LogP contribution in [-0.4, -0.2) is 27.4 Å². The number of hydrogen-bond donors (Lipinski definition) is 2. The van der Waals surface area contributed by atoms with Gasteiger partial charge in [0.05, 0.1) is 12.5 Å². The van der Waals surface area contributed by atoms with E-state index in [1.54, 1.807) is 6.20 Å². The van der Waals surface area contributed by atoms with Crippen LogP contribution in [0.4, 0.5) is 0 Å². The van der Waals surface area contributed by atoms with Gasteiger partial charge < -0.3 is 15.2 Å². The van der Waals surface area contributed by atoms with Crippen LogP contribution in [0.15, 0.2) is 36.7 Å². The van der Waals surface area contributed by atoms with Gasteiger partial charge in [0.1, 0.15) is 11.9 Å². The van der Waals surface area contributed by atoms with E-state index in [1.807, 2.05) is 29.9 Å². The van der Waals surface area contributed by atoms with Crippen LogP contribution >= 0.6 is 0 Å². The van der Waals surface area contributed by atoms with Gasteiger partial charge in [0.2, 0.25) is 11.8 Å². The molecule has 1 aromatic carbocycles. The molecule has 1 saturated carbocycles. The van der Waals surface area contributed by atoms with E-state index in [-0.39, 0.29) is 23.9 Å². The molecule has 2 heterocycles. The fourth-order valence-electron chi connectivity index (χ4n) is 3.69. The summed E-state index contributed by atoms with van der Waals surface area (Å²) < 4.78 is 1.88. The van der Waals surface area contributed by atoms with Gasteiger partial charge in [-0.05, 0) is 36.3 Å². The van der Waals surface area contributed by atoms with Crippen LogP contribution in [0.25, 0.3) is 0 Å². The number of hydrogen-bond acceptors (Lipinski definition) is 3. The number of carbonyl (C=O) groups excluding carboxylic acids is 2. The summed E-state index contributed by atoms with van der Waals surface area (Å²) in [6.07, 6.45) is 7.46. The highest BCUT2D eigenvalue weighted by molar-refractivity contribution is 5.81. The van der Waals surface area contributed by atoms with Crippen LogP contribution in [0.5, 0.6) is 0 Å². The molecule has 1 aliphatic heterocycles. The van der Waals surface area contributed by atoms with Crippen LogP contribution in [0, 0.1) is 0 Å². The molecule has 0 bridgehead atoms.